The van der Waals surface area contributed by atoms with E-state index in [1.165, 1.54) is 0 Å². The zero-order chi connectivity index (χ0) is 13.8. The van der Waals surface area contributed by atoms with Crippen LogP contribution < -0.4 is 11.1 Å². The number of hydrogen-bond donors (Lipinski definition) is 2. The summed E-state index contributed by atoms with van der Waals surface area (Å²) in [6.07, 6.45) is 2.25. The van der Waals surface area contributed by atoms with E-state index in [1.54, 1.807) is 18.2 Å². The summed E-state index contributed by atoms with van der Waals surface area (Å²) in [6, 6.07) is 5.15. The molecule has 0 unspecified atom stereocenters. The second-order valence-corrected chi connectivity index (χ2v) is 4.68. The topological polar surface area (TPSA) is 80.9 Å². The van der Waals surface area contributed by atoms with Gasteiger partial charge in [0.2, 0.25) is 5.91 Å². The molecule has 6 heteroatoms. The molecule has 1 amide bonds. The average Bonchev–Trinajstić information content (AvgIpc) is 2.37. The number of amides is 1. The number of unbranched alkanes of at least 4 members (excludes halogenated alkanes) is 1. The quantitative estimate of drug-likeness (QED) is 0.901. The third-order valence-electron chi connectivity index (χ3n) is 2.67. The smallest absolute Gasteiger partial charge is 0.225 e. The zero-order valence-corrected chi connectivity index (χ0v) is 11.4. The van der Waals surface area contributed by atoms with Crippen molar-refractivity contribution in [2.45, 2.75) is 26.2 Å². The number of carbonyl (C=O) groups is 1. The highest BCUT2D eigenvalue weighted by Gasteiger charge is 2.09. The van der Waals surface area contributed by atoms with Gasteiger partial charge in [0.1, 0.15) is 0 Å². The van der Waals surface area contributed by atoms with Crippen molar-refractivity contribution in [2.75, 3.05) is 11.1 Å². The molecule has 0 fully saturated rings. The zero-order valence-electron chi connectivity index (χ0n) is 10.6. The number of hydrogen-bond acceptors (Lipinski definition) is 4. The normalized spacial score (nSPS) is 10.6. The van der Waals surface area contributed by atoms with E-state index in [0.717, 1.165) is 12.8 Å². The summed E-state index contributed by atoms with van der Waals surface area (Å²) >= 11 is 5.87. The van der Waals surface area contributed by atoms with Crippen molar-refractivity contribution in [1.29, 1.82) is 0 Å². The average molecular weight is 279 g/mol. The van der Waals surface area contributed by atoms with Crippen LogP contribution in [0.5, 0.6) is 0 Å². The number of nitrogens with zero attached hydrogens (tertiary/aromatic N) is 2. The molecule has 5 nitrogen and oxygen atoms in total. The molecule has 0 aliphatic carbocycles. The number of carbonyl (C=O) groups excluding carboxylic acids is 1. The molecule has 0 bridgehead atoms. The third-order valence-corrected chi connectivity index (χ3v) is 2.90. The first kappa shape index (κ1) is 13.5. The number of rotatable bonds is 4. The lowest BCUT2D eigenvalue weighted by molar-refractivity contribution is -0.116. The number of nitrogens with one attached hydrogen (secondary N) is 1. The van der Waals surface area contributed by atoms with Crippen molar-refractivity contribution in [3.05, 3.63) is 23.2 Å². The Morgan fingerprint density at radius 3 is 2.89 bits per heavy atom. The monoisotopic (exact) mass is 278 g/mol. The summed E-state index contributed by atoms with van der Waals surface area (Å²) in [5.74, 6) is 0.395. The second-order valence-electron chi connectivity index (χ2n) is 4.24. The van der Waals surface area contributed by atoms with Gasteiger partial charge in [0.05, 0.1) is 11.0 Å². The Balaban J connectivity index is 2.26. The highest BCUT2D eigenvalue weighted by Crippen LogP contribution is 2.21. The Hall–Kier alpha value is -1.88. The summed E-state index contributed by atoms with van der Waals surface area (Å²) in [4.78, 5) is 20.1. The highest BCUT2D eigenvalue weighted by molar-refractivity contribution is 6.31. The molecule has 19 heavy (non-hydrogen) atoms. The summed E-state index contributed by atoms with van der Waals surface area (Å²) < 4.78 is 0. The molecule has 0 aliphatic rings. The Labute approximate surface area is 116 Å². The summed E-state index contributed by atoms with van der Waals surface area (Å²) in [7, 11) is 0. The van der Waals surface area contributed by atoms with E-state index >= 15 is 0 Å². The molecular weight excluding hydrogens is 264 g/mol. The Bertz CT molecular complexity index is 615. The molecule has 2 rings (SSSR count). The van der Waals surface area contributed by atoms with Crippen LogP contribution >= 0.6 is 11.6 Å². The van der Waals surface area contributed by atoms with Gasteiger partial charge in [-0.1, -0.05) is 24.9 Å². The van der Waals surface area contributed by atoms with Gasteiger partial charge < -0.3 is 11.1 Å². The minimum atomic E-state index is -0.101. The summed E-state index contributed by atoms with van der Waals surface area (Å²) in [5.41, 5.74) is 7.03. The van der Waals surface area contributed by atoms with E-state index in [0.29, 0.717) is 28.3 Å². The minimum absolute atomic E-state index is 0.101. The largest absolute Gasteiger partial charge is 0.381 e. The number of nitrogens with two attached hydrogens (primary N) is 1. The van der Waals surface area contributed by atoms with Crippen LogP contribution in [-0.4, -0.2) is 15.9 Å². The summed E-state index contributed by atoms with van der Waals surface area (Å²) in [6.45, 7) is 2.03. The van der Waals surface area contributed by atoms with E-state index < -0.39 is 0 Å². The maximum Gasteiger partial charge on any atom is 0.225 e. The minimum Gasteiger partial charge on any atom is -0.381 e. The van der Waals surface area contributed by atoms with E-state index in [-0.39, 0.29) is 11.7 Å². The third kappa shape index (κ3) is 3.32. The molecule has 2 aromatic rings. The Morgan fingerprint density at radius 1 is 1.37 bits per heavy atom. The van der Waals surface area contributed by atoms with Gasteiger partial charge in [-0.3, -0.25) is 4.79 Å². The van der Waals surface area contributed by atoms with Crippen LogP contribution in [0.15, 0.2) is 18.2 Å². The number of nitrogen functional groups attached to an aromatic ring is 1. The number of aromatic nitrogens is 2. The first-order valence-electron chi connectivity index (χ1n) is 6.12. The van der Waals surface area contributed by atoms with E-state index in [9.17, 15) is 4.79 Å². The number of benzene rings is 1. The molecule has 0 saturated heterocycles. The van der Waals surface area contributed by atoms with Gasteiger partial charge in [0.25, 0.3) is 0 Å². The van der Waals surface area contributed by atoms with Crippen LogP contribution in [0.25, 0.3) is 11.0 Å². The molecule has 100 valence electrons. The van der Waals surface area contributed by atoms with Gasteiger partial charge in [-0.2, -0.15) is 0 Å². The Kier molecular flexibility index (Phi) is 4.16. The van der Waals surface area contributed by atoms with Crippen molar-refractivity contribution < 1.29 is 4.79 Å². The lowest BCUT2D eigenvalue weighted by atomic mass is 10.2. The van der Waals surface area contributed by atoms with Gasteiger partial charge in [0.15, 0.2) is 11.6 Å². The van der Waals surface area contributed by atoms with Crippen molar-refractivity contribution in [2.24, 2.45) is 0 Å². The van der Waals surface area contributed by atoms with Crippen LogP contribution in [0.2, 0.25) is 5.02 Å². The highest BCUT2D eigenvalue weighted by atomic mass is 35.5. The van der Waals surface area contributed by atoms with E-state index in [2.05, 4.69) is 15.3 Å². The fraction of sp³-hybridized carbons (Fsp3) is 0.308. The predicted molar refractivity (Wildman–Crippen MR) is 77.1 cm³/mol. The van der Waals surface area contributed by atoms with Crippen LogP contribution in [0.1, 0.15) is 26.2 Å². The van der Waals surface area contributed by atoms with Gasteiger partial charge in [-0.15, -0.1) is 0 Å². The Morgan fingerprint density at radius 2 is 2.16 bits per heavy atom. The maximum absolute atomic E-state index is 11.7. The fourth-order valence-electron chi connectivity index (χ4n) is 1.67. The van der Waals surface area contributed by atoms with Gasteiger partial charge >= 0.3 is 0 Å². The molecule has 1 aromatic carbocycles. The number of halogens is 1. The van der Waals surface area contributed by atoms with Crippen LogP contribution in [0, 0.1) is 0 Å². The van der Waals surface area contributed by atoms with Gasteiger partial charge in [0, 0.05) is 11.4 Å². The molecule has 1 aromatic heterocycles. The van der Waals surface area contributed by atoms with Crippen molar-refractivity contribution in [3.8, 4) is 0 Å². The molecule has 1 heterocycles. The van der Waals surface area contributed by atoms with Crippen LogP contribution in [0.3, 0.4) is 0 Å². The maximum atomic E-state index is 11.7. The van der Waals surface area contributed by atoms with Crippen LogP contribution in [-0.2, 0) is 4.79 Å². The van der Waals surface area contributed by atoms with Gasteiger partial charge in [-0.25, -0.2) is 9.97 Å². The first-order chi connectivity index (χ1) is 9.10. The molecule has 0 spiro atoms. The lowest BCUT2D eigenvalue weighted by Crippen LogP contribution is -2.14. The SMILES string of the molecule is CCCCC(=O)Nc1nc2ccc(Cl)cc2nc1N. The number of fused-ring (bicyclic) bond motifs is 1. The van der Waals surface area contributed by atoms with Crippen molar-refractivity contribution >= 4 is 40.2 Å². The van der Waals surface area contributed by atoms with Gasteiger partial charge in [-0.05, 0) is 24.6 Å². The molecule has 0 atom stereocenters. The van der Waals surface area contributed by atoms with Crippen molar-refractivity contribution in [3.63, 3.8) is 0 Å². The summed E-state index contributed by atoms with van der Waals surface area (Å²) in [5, 5.41) is 3.25. The second kappa shape index (κ2) is 5.84. The molecule has 0 radical (unpaired) electrons. The standard InChI is InChI=1S/C13H15ClN4O/c1-2-3-4-11(19)18-13-12(15)16-10-7-8(14)5-6-9(10)17-13/h5-7H,2-4H2,1H3,(H2,15,16)(H,17,18,19). The first-order valence-corrected chi connectivity index (χ1v) is 6.50. The van der Waals surface area contributed by atoms with E-state index in [4.69, 9.17) is 17.3 Å². The molecular formula is C13H15ClN4O. The van der Waals surface area contributed by atoms with Crippen LogP contribution in [0.4, 0.5) is 11.6 Å². The van der Waals surface area contributed by atoms with Crippen molar-refractivity contribution in [1.82, 2.24) is 9.97 Å². The molecule has 0 aliphatic heterocycles. The van der Waals surface area contributed by atoms with E-state index in [1.807, 2.05) is 6.92 Å². The lowest BCUT2D eigenvalue weighted by Gasteiger charge is -2.08. The molecule has 0 saturated carbocycles. The predicted octanol–water partition coefficient (Wildman–Crippen LogP) is 2.99. The molecule has 3 N–H and O–H groups in total. The number of anilines is 2. The fourth-order valence-corrected chi connectivity index (χ4v) is 1.83.